The van der Waals surface area contributed by atoms with Crippen molar-refractivity contribution in [2.75, 3.05) is 19.7 Å². The van der Waals surface area contributed by atoms with Crippen molar-refractivity contribution in [2.24, 2.45) is 5.92 Å². The van der Waals surface area contributed by atoms with Crippen LogP contribution in [0.15, 0.2) is 0 Å². The van der Waals surface area contributed by atoms with Crippen LogP contribution in [0.5, 0.6) is 0 Å². The van der Waals surface area contributed by atoms with E-state index in [0.717, 1.165) is 6.42 Å². The maximum absolute atomic E-state index is 11.9. The third kappa shape index (κ3) is 2.01. The van der Waals surface area contributed by atoms with Crippen molar-refractivity contribution in [3.05, 3.63) is 0 Å². The highest BCUT2D eigenvalue weighted by Crippen LogP contribution is 2.28. The van der Waals surface area contributed by atoms with Gasteiger partial charge in [0.2, 0.25) is 5.91 Å². The number of aliphatic hydroxyl groups is 1. The maximum atomic E-state index is 11.9. The molecule has 1 N–H and O–H groups in total. The van der Waals surface area contributed by atoms with Gasteiger partial charge in [-0.2, -0.15) is 0 Å². The molecule has 0 aliphatic carbocycles. The molecule has 2 rings (SSSR count). The summed E-state index contributed by atoms with van der Waals surface area (Å²) in [4.78, 5) is 13.7. The Morgan fingerprint density at radius 1 is 1.60 bits per heavy atom. The average molecular weight is 213 g/mol. The van der Waals surface area contributed by atoms with Crippen LogP contribution >= 0.6 is 0 Å². The lowest BCUT2D eigenvalue weighted by atomic mass is 9.89. The Kier molecular flexibility index (Phi) is 2.73. The van der Waals surface area contributed by atoms with Crippen LogP contribution in [0.1, 0.15) is 26.7 Å². The van der Waals surface area contributed by atoms with Crippen LogP contribution < -0.4 is 0 Å². The molecule has 0 saturated carbocycles. The summed E-state index contributed by atoms with van der Waals surface area (Å²) in [5, 5.41) is 9.81. The molecule has 0 aromatic rings. The van der Waals surface area contributed by atoms with Gasteiger partial charge in [-0.25, -0.2) is 0 Å². The zero-order chi connectivity index (χ0) is 11.1. The standard InChI is InChI=1S/C11H19NO3/c1-3-11(14)6-12(7-11)10(13)9-4-8(2)15-5-9/h8-9,14H,3-7H2,1-2H3. The van der Waals surface area contributed by atoms with E-state index < -0.39 is 5.60 Å². The second-order valence-corrected chi connectivity index (χ2v) is 4.85. The van der Waals surface area contributed by atoms with Crippen molar-refractivity contribution in [1.82, 2.24) is 4.90 Å². The van der Waals surface area contributed by atoms with E-state index in [2.05, 4.69) is 0 Å². The lowest BCUT2D eigenvalue weighted by Gasteiger charge is -2.46. The number of hydrogen-bond acceptors (Lipinski definition) is 3. The summed E-state index contributed by atoms with van der Waals surface area (Å²) in [6.45, 7) is 5.47. The first kappa shape index (κ1) is 10.9. The maximum Gasteiger partial charge on any atom is 0.228 e. The third-order valence-electron chi connectivity index (χ3n) is 3.49. The molecule has 86 valence electrons. The van der Waals surface area contributed by atoms with Gasteiger partial charge >= 0.3 is 0 Å². The fraction of sp³-hybridized carbons (Fsp3) is 0.909. The van der Waals surface area contributed by atoms with Gasteiger partial charge in [-0.05, 0) is 19.8 Å². The first-order chi connectivity index (χ1) is 7.04. The number of rotatable bonds is 2. The van der Waals surface area contributed by atoms with E-state index in [-0.39, 0.29) is 17.9 Å². The summed E-state index contributed by atoms with van der Waals surface area (Å²) in [7, 11) is 0. The minimum atomic E-state index is -0.624. The predicted octanol–water partition coefficient (Wildman–Crippen LogP) is 0.395. The molecule has 0 aromatic carbocycles. The second kappa shape index (κ2) is 3.76. The number of carbonyl (C=O) groups excluding carboxylic acids is 1. The van der Waals surface area contributed by atoms with Gasteiger partial charge in [0.1, 0.15) is 0 Å². The fourth-order valence-corrected chi connectivity index (χ4v) is 2.29. The van der Waals surface area contributed by atoms with Crippen LogP contribution in [-0.4, -0.2) is 47.3 Å². The Balaban J connectivity index is 1.84. The Morgan fingerprint density at radius 3 is 2.73 bits per heavy atom. The van der Waals surface area contributed by atoms with Crippen LogP contribution in [0.4, 0.5) is 0 Å². The molecular weight excluding hydrogens is 194 g/mol. The molecule has 1 amide bonds. The smallest absolute Gasteiger partial charge is 0.228 e. The Morgan fingerprint density at radius 2 is 2.27 bits per heavy atom. The van der Waals surface area contributed by atoms with E-state index in [1.807, 2.05) is 13.8 Å². The SMILES string of the molecule is CCC1(O)CN(C(=O)C2COC(C)C2)C1. The Labute approximate surface area is 90.2 Å². The van der Waals surface area contributed by atoms with Gasteiger partial charge in [0, 0.05) is 0 Å². The summed E-state index contributed by atoms with van der Waals surface area (Å²) >= 11 is 0. The zero-order valence-electron chi connectivity index (χ0n) is 9.40. The van der Waals surface area contributed by atoms with Gasteiger partial charge in [-0.1, -0.05) is 6.92 Å². The van der Waals surface area contributed by atoms with E-state index in [9.17, 15) is 9.90 Å². The van der Waals surface area contributed by atoms with E-state index in [4.69, 9.17) is 4.74 Å². The van der Waals surface area contributed by atoms with Crippen LogP contribution in [0.3, 0.4) is 0 Å². The van der Waals surface area contributed by atoms with Gasteiger partial charge in [-0.3, -0.25) is 4.79 Å². The molecule has 4 nitrogen and oxygen atoms in total. The topological polar surface area (TPSA) is 49.8 Å². The molecule has 2 aliphatic rings. The summed E-state index contributed by atoms with van der Waals surface area (Å²) in [5.41, 5.74) is -0.624. The van der Waals surface area contributed by atoms with Crippen molar-refractivity contribution in [3.8, 4) is 0 Å². The molecule has 0 spiro atoms. The lowest BCUT2D eigenvalue weighted by molar-refractivity contribution is -0.159. The van der Waals surface area contributed by atoms with E-state index in [0.29, 0.717) is 26.1 Å². The van der Waals surface area contributed by atoms with Crippen molar-refractivity contribution in [1.29, 1.82) is 0 Å². The molecule has 0 radical (unpaired) electrons. The van der Waals surface area contributed by atoms with Crippen molar-refractivity contribution in [3.63, 3.8) is 0 Å². The van der Waals surface area contributed by atoms with E-state index in [1.54, 1.807) is 4.90 Å². The largest absolute Gasteiger partial charge is 0.386 e. The number of amides is 1. The molecule has 0 bridgehead atoms. The third-order valence-corrected chi connectivity index (χ3v) is 3.49. The average Bonchev–Trinajstić information content (AvgIpc) is 2.59. The van der Waals surface area contributed by atoms with Crippen LogP contribution in [0, 0.1) is 5.92 Å². The molecule has 2 fully saturated rings. The molecule has 2 unspecified atom stereocenters. The molecule has 2 atom stereocenters. The number of β-amino-alcohol motifs (C(OH)–C–C–N with tert-alkyl or cyclic N) is 1. The fourth-order valence-electron chi connectivity index (χ4n) is 2.29. The predicted molar refractivity (Wildman–Crippen MR) is 55.3 cm³/mol. The van der Waals surface area contributed by atoms with Crippen LogP contribution in [-0.2, 0) is 9.53 Å². The summed E-state index contributed by atoms with van der Waals surface area (Å²) in [6, 6.07) is 0. The normalized spacial score (nSPS) is 33.9. The highest BCUT2D eigenvalue weighted by atomic mass is 16.5. The van der Waals surface area contributed by atoms with Gasteiger partial charge in [0.05, 0.1) is 37.3 Å². The molecule has 0 aromatic heterocycles. The lowest BCUT2D eigenvalue weighted by Crippen LogP contribution is -2.64. The Hall–Kier alpha value is -0.610. The number of nitrogens with zero attached hydrogens (tertiary/aromatic N) is 1. The highest BCUT2D eigenvalue weighted by molar-refractivity contribution is 5.80. The summed E-state index contributed by atoms with van der Waals surface area (Å²) in [5.74, 6) is 0.166. The molecule has 2 aliphatic heterocycles. The number of likely N-dealkylation sites (tertiary alicyclic amines) is 1. The second-order valence-electron chi connectivity index (χ2n) is 4.85. The molecular formula is C11H19NO3. The zero-order valence-corrected chi connectivity index (χ0v) is 9.40. The van der Waals surface area contributed by atoms with Gasteiger partial charge in [-0.15, -0.1) is 0 Å². The van der Waals surface area contributed by atoms with Crippen molar-refractivity contribution < 1.29 is 14.6 Å². The summed E-state index contributed by atoms with van der Waals surface area (Å²) in [6.07, 6.45) is 1.74. The quantitative estimate of drug-likeness (QED) is 0.722. The minimum Gasteiger partial charge on any atom is -0.386 e. The highest BCUT2D eigenvalue weighted by Gasteiger charge is 2.44. The van der Waals surface area contributed by atoms with Crippen molar-refractivity contribution >= 4 is 5.91 Å². The van der Waals surface area contributed by atoms with Crippen LogP contribution in [0.2, 0.25) is 0 Å². The molecule has 2 heterocycles. The van der Waals surface area contributed by atoms with E-state index in [1.165, 1.54) is 0 Å². The van der Waals surface area contributed by atoms with Gasteiger partial charge in [0.15, 0.2) is 0 Å². The number of ether oxygens (including phenoxy) is 1. The Bertz CT molecular complexity index is 261. The van der Waals surface area contributed by atoms with Gasteiger partial charge in [0.25, 0.3) is 0 Å². The van der Waals surface area contributed by atoms with Crippen molar-refractivity contribution in [2.45, 2.75) is 38.4 Å². The summed E-state index contributed by atoms with van der Waals surface area (Å²) < 4.78 is 5.37. The molecule has 15 heavy (non-hydrogen) atoms. The first-order valence-corrected chi connectivity index (χ1v) is 5.67. The van der Waals surface area contributed by atoms with Crippen LogP contribution in [0.25, 0.3) is 0 Å². The molecule has 4 heteroatoms. The monoisotopic (exact) mass is 213 g/mol. The minimum absolute atomic E-state index is 0.0152. The van der Waals surface area contributed by atoms with E-state index >= 15 is 0 Å². The van der Waals surface area contributed by atoms with Gasteiger partial charge < -0.3 is 14.7 Å². The first-order valence-electron chi connectivity index (χ1n) is 5.67. The molecule has 2 saturated heterocycles. The number of carbonyl (C=O) groups is 1. The number of hydrogen-bond donors (Lipinski definition) is 1.